The van der Waals surface area contributed by atoms with E-state index >= 15 is 4.39 Å². The second kappa shape index (κ2) is 12.6. The first-order chi connectivity index (χ1) is 22.3. The zero-order valence-electron chi connectivity index (χ0n) is 25.4. The minimum absolute atomic E-state index is 0.0580. The zero-order valence-corrected chi connectivity index (χ0v) is 27.1. The molecule has 0 saturated carbocycles. The number of methoxy groups -OCH3 is 1. The van der Waals surface area contributed by atoms with Crippen molar-refractivity contribution in [2.45, 2.75) is 25.9 Å². The van der Waals surface area contributed by atoms with Gasteiger partial charge in [-0.2, -0.15) is 0 Å². The molecule has 0 spiro atoms. The highest BCUT2D eigenvalue weighted by molar-refractivity contribution is 7.18. The summed E-state index contributed by atoms with van der Waals surface area (Å²) in [4.78, 5) is 32.4. The van der Waals surface area contributed by atoms with Crippen LogP contribution in [-0.2, 0) is 35.5 Å². The Balaban J connectivity index is 1.47. The molecule has 1 amide bonds. The Kier molecular flexibility index (Phi) is 8.36. The van der Waals surface area contributed by atoms with E-state index in [0.29, 0.717) is 41.5 Å². The highest BCUT2D eigenvalue weighted by Gasteiger charge is 2.30. The van der Waals surface area contributed by atoms with Gasteiger partial charge in [0.05, 0.1) is 30.1 Å². The Morgan fingerprint density at radius 1 is 1.07 bits per heavy atom. The van der Waals surface area contributed by atoms with E-state index in [1.165, 1.54) is 41.9 Å². The molecular weight excluding hydrogens is 629 g/mol. The average molecular weight is 660 g/mol. The predicted octanol–water partition coefficient (Wildman–Crippen LogP) is 6.51. The molecule has 0 unspecified atom stereocenters. The molecular formula is C34H31F2N5O3S2. The van der Waals surface area contributed by atoms with Crippen molar-refractivity contribution in [1.82, 2.24) is 24.8 Å². The minimum Gasteiger partial charge on any atom is -0.490 e. The van der Waals surface area contributed by atoms with Crippen LogP contribution in [0.15, 0.2) is 48.5 Å². The van der Waals surface area contributed by atoms with Gasteiger partial charge in [-0.15, -0.1) is 22.7 Å². The van der Waals surface area contributed by atoms with Gasteiger partial charge >= 0.3 is 0 Å². The van der Waals surface area contributed by atoms with Crippen LogP contribution in [0.5, 0.6) is 5.75 Å². The normalized spacial score (nSPS) is 14.7. The van der Waals surface area contributed by atoms with Crippen LogP contribution in [0, 0.1) is 11.6 Å². The number of thiophene rings is 1. The maximum atomic E-state index is 16.0. The molecule has 6 heterocycles. The van der Waals surface area contributed by atoms with Crippen molar-refractivity contribution in [1.29, 1.82) is 0 Å². The molecule has 0 bridgehead atoms. The van der Waals surface area contributed by atoms with Gasteiger partial charge in [0.2, 0.25) is 5.91 Å². The summed E-state index contributed by atoms with van der Waals surface area (Å²) in [5, 5.41) is 3.35. The lowest BCUT2D eigenvalue weighted by Crippen LogP contribution is -2.34. The van der Waals surface area contributed by atoms with Gasteiger partial charge in [0.25, 0.3) is 0 Å². The Hall–Kier alpha value is -4.10. The molecule has 0 saturated heterocycles. The van der Waals surface area contributed by atoms with Crippen molar-refractivity contribution < 1.29 is 23.0 Å². The Bertz CT molecular complexity index is 1990. The minimum atomic E-state index is -0.763. The Morgan fingerprint density at radius 2 is 1.91 bits per heavy atom. The third-order valence-corrected chi connectivity index (χ3v) is 10.4. The Labute approximate surface area is 273 Å². The monoisotopic (exact) mass is 659 g/mol. The molecule has 8 nitrogen and oxygen atoms in total. The first-order valence-corrected chi connectivity index (χ1v) is 16.6. The number of hydrogen-bond donors (Lipinski definition) is 0. The fourth-order valence-electron chi connectivity index (χ4n) is 6.08. The van der Waals surface area contributed by atoms with Gasteiger partial charge in [-0.05, 0) is 36.2 Å². The fourth-order valence-corrected chi connectivity index (χ4v) is 8.15. The summed E-state index contributed by atoms with van der Waals surface area (Å²) < 4.78 is 42.5. The maximum absolute atomic E-state index is 16.0. The van der Waals surface area contributed by atoms with Crippen LogP contribution in [0.25, 0.3) is 43.2 Å². The molecule has 236 valence electrons. The number of nitrogens with zero attached hydrogens (tertiary/aromatic N) is 5. The molecule has 12 heteroatoms. The maximum Gasteiger partial charge on any atom is 0.246 e. The standard InChI is InChI=1S/C34H31F2N5O3S2/c1-4-28(42)41-9-6-25-27(18-41)46-34(38-25)32-30(29-23(36)14-21(35)15-26(29)44-11-10-43-3)33-22(7-12-45-33)31(39-32)19-13-20-17-40(2)8-5-24(20)37-16-19/h4,7,12-16H,1,5-6,8-11,17-18H2,2-3H3. The van der Waals surface area contributed by atoms with E-state index in [4.69, 9.17) is 24.4 Å². The third-order valence-electron chi connectivity index (χ3n) is 8.35. The van der Waals surface area contributed by atoms with Crippen molar-refractivity contribution >= 4 is 38.7 Å². The van der Waals surface area contributed by atoms with Crippen molar-refractivity contribution in [3.8, 4) is 38.8 Å². The number of likely N-dealkylation sites (N-methyl/N-ethyl adjacent to an activating group) is 1. The molecule has 5 aromatic rings. The van der Waals surface area contributed by atoms with Gasteiger partial charge in [-0.25, -0.2) is 18.7 Å². The lowest BCUT2D eigenvalue weighted by Gasteiger charge is -2.24. The largest absolute Gasteiger partial charge is 0.490 e. The van der Waals surface area contributed by atoms with Crippen LogP contribution in [-0.4, -0.2) is 71.1 Å². The molecule has 0 radical (unpaired) electrons. The summed E-state index contributed by atoms with van der Waals surface area (Å²) >= 11 is 2.88. The number of hydrogen-bond acceptors (Lipinski definition) is 9. The van der Waals surface area contributed by atoms with E-state index in [2.05, 4.69) is 24.6 Å². The van der Waals surface area contributed by atoms with Crippen molar-refractivity contribution in [2.75, 3.05) is 40.5 Å². The molecule has 1 aromatic carbocycles. The predicted molar refractivity (Wildman–Crippen MR) is 176 cm³/mol. The molecule has 2 aliphatic rings. The highest BCUT2D eigenvalue weighted by Crippen LogP contribution is 2.48. The molecule has 7 rings (SSSR count). The van der Waals surface area contributed by atoms with Crippen molar-refractivity contribution in [3.05, 3.63) is 82.0 Å². The number of rotatable bonds is 8. The highest BCUT2D eigenvalue weighted by atomic mass is 32.1. The smallest absolute Gasteiger partial charge is 0.246 e. The van der Waals surface area contributed by atoms with Crippen molar-refractivity contribution in [3.63, 3.8) is 0 Å². The molecule has 0 N–H and O–H groups in total. The van der Waals surface area contributed by atoms with Crippen LogP contribution >= 0.6 is 22.7 Å². The summed E-state index contributed by atoms with van der Waals surface area (Å²) in [5.74, 6) is -1.59. The quantitative estimate of drug-likeness (QED) is 0.139. The number of halogens is 2. The van der Waals surface area contributed by atoms with Crippen LogP contribution in [0.4, 0.5) is 8.78 Å². The van der Waals surface area contributed by atoms with Gasteiger partial charge in [-0.1, -0.05) is 6.58 Å². The third kappa shape index (κ3) is 5.59. The fraction of sp³-hybridized carbons (Fsp3) is 0.294. The number of pyridine rings is 2. The molecule has 2 aliphatic heterocycles. The Morgan fingerprint density at radius 3 is 2.74 bits per heavy atom. The summed E-state index contributed by atoms with van der Waals surface area (Å²) in [6.07, 6.45) is 4.63. The van der Waals surface area contributed by atoms with Crippen molar-refractivity contribution in [2.24, 2.45) is 0 Å². The van der Waals surface area contributed by atoms with Crippen LogP contribution in [0.3, 0.4) is 0 Å². The summed E-state index contributed by atoms with van der Waals surface area (Å²) in [6.45, 7) is 6.65. The number of aromatic nitrogens is 3. The molecule has 0 fully saturated rings. The van der Waals surface area contributed by atoms with Gasteiger partial charge in [0.15, 0.2) is 0 Å². The molecule has 0 atom stereocenters. The van der Waals surface area contributed by atoms with Gasteiger partial charge in [0, 0.05) is 89.7 Å². The zero-order chi connectivity index (χ0) is 31.9. The van der Waals surface area contributed by atoms with E-state index in [1.54, 1.807) is 4.90 Å². The van der Waals surface area contributed by atoms with Gasteiger partial charge in [0.1, 0.15) is 34.7 Å². The number of fused-ring (bicyclic) bond motifs is 3. The lowest BCUT2D eigenvalue weighted by atomic mass is 9.97. The van der Waals surface area contributed by atoms with Crippen LogP contribution in [0.1, 0.15) is 21.8 Å². The summed E-state index contributed by atoms with van der Waals surface area (Å²) in [7, 11) is 3.63. The summed E-state index contributed by atoms with van der Waals surface area (Å²) in [5.41, 5.74) is 5.72. The van der Waals surface area contributed by atoms with Gasteiger partial charge in [-0.3, -0.25) is 9.78 Å². The SMILES string of the molecule is C=CC(=O)N1CCc2nc(-c3nc(-c4cnc5c(c4)CN(C)CC5)c4ccsc4c3-c3c(F)cc(F)cc3OCCOC)sc2C1. The number of carbonyl (C=O) groups is 1. The number of ether oxygens (including phenoxy) is 2. The van der Waals surface area contributed by atoms with Crippen LogP contribution < -0.4 is 4.74 Å². The molecule has 46 heavy (non-hydrogen) atoms. The first kappa shape index (κ1) is 30.5. The number of thiazole rings is 1. The molecule has 4 aromatic heterocycles. The topological polar surface area (TPSA) is 80.7 Å². The second-order valence-corrected chi connectivity index (χ2v) is 13.4. The average Bonchev–Trinajstić information content (AvgIpc) is 3.71. The van der Waals surface area contributed by atoms with E-state index in [-0.39, 0.29) is 30.4 Å². The van der Waals surface area contributed by atoms with Crippen LogP contribution in [0.2, 0.25) is 0 Å². The molecule has 0 aliphatic carbocycles. The lowest BCUT2D eigenvalue weighted by molar-refractivity contribution is -0.126. The summed E-state index contributed by atoms with van der Waals surface area (Å²) in [6, 6.07) is 6.18. The number of carbonyl (C=O) groups excluding carboxylic acids is 1. The number of benzene rings is 1. The van der Waals surface area contributed by atoms with E-state index < -0.39 is 11.6 Å². The first-order valence-electron chi connectivity index (χ1n) is 14.9. The van der Waals surface area contributed by atoms with E-state index in [9.17, 15) is 9.18 Å². The van der Waals surface area contributed by atoms with Gasteiger partial charge < -0.3 is 19.3 Å². The van der Waals surface area contributed by atoms with E-state index in [1.807, 2.05) is 17.6 Å². The number of amides is 1. The second-order valence-electron chi connectivity index (χ2n) is 11.4. The van der Waals surface area contributed by atoms with E-state index in [0.717, 1.165) is 63.1 Å².